The second-order valence-corrected chi connectivity index (χ2v) is 3.12. The number of halogens is 2. The summed E-state index contributed by atoms with van der Waals surface area (Å²) in [4.78, 5) is 10.8. The van der Waals surface area contributed by atoms with Crippen molar-refractivity contribution in [2.24, 2.45) is 0 Å². The van der Waals surface area contributed by atoms with Crippen molar-refractivity contribution in [1.82, 2.24) is 0 Å². The topological polar surface area (TPSA) is 61.1 Å². The van der Waals surface area contributed by atoms with E-state index < -0.39 is 18.0 Å². The summed E-state index contributed by atoms with van der Waals surface area (Å²) in [5.41, 5.74) is -0.778. The molecule has 3 nitrogen and oxygen atoms in total. The molecule has 84 valence electrons. The Balaban J connectivity index is 3.57. The summed E-state index contributed by atoms with van der Waals surface area (Å²) < 4.78 is 25.5. The molecule has 0 amide bonds. The van der Waals surface area contributed by atoms with Gasteiger partial charge in [-0.3, -0.25) is 0 Å². The second kappa shape index (κ2) is 4.71. The Kier molecular flexibility index (Phi) is 3.56. The average Bonchev–Trinajstić information content (AvgIpc) is 2.26. The molecule has 0 bridgehead atoms. The molecule has 0 aliphatic rings. The van der Waals surface area contributed by atoms with Crippen molar-refractivity contribution in [3.05, 3.63) is 34.4 Å². The minimum Gasteiger partial charge on any atom is -0.478 e. The zero-order chi connectivity index (χ0) is 12.3. The van der Waals surface area contributed by atoms with E-state index >= 15 is 0 Å². The molecule has 0 aliphatic carbocycles. The van der Waals surface area contributed by atoms with Crippen molar-refractivity contribution in [1.29, 1.82) is 5.26 Å². The quantitative estimate of drug-likeness (QED) is 0.860. The van der Waals surface area contributed by atoms with Gasteiger partial charge >= 0.3 is 5.97 Å². The van der Waals surface area contributed by atoms with E-state index in [0.29, 0.717) is 0 Å². The monoisotopic (exact) mass is 225 g/mol. The molecule has 0 fully saturated rings. The summed E-state index contributed by atoms with van der Waals surface area (Å²) >= 11 is 0. The minimum atomic E-state index is -2.84. The lowest BCUT2D eigenvalue weighted by Crippen LogP contribution is -2.07. The number of carboxylic acids is 1. The molecular weight excluding hydrogens is 216 g/mol. The van der Waals surface area contributed by atoms with Crippen LogP contribution in [0.4, 0.5) is 8.78 Å². The Morgan fingerprint density at radius 2 is 2.19 bits per heavy atom. The lowest BCUT2D eigenvalue weighted by Gasteiger charge is -2.11. The summed E-state index contributed by atoms with van der Waals surface area (Å²) in [7, 11) is 0. The molecule has 0 saturated carbocycles. The van der Waals surface area contributed by atoms with Gasteiger partial charge in [0.25, 0.3) is 6.43 Å². The standard InChI is InChI=1S/C11H9F2NO2/c1-2-7-8(11(15)16)4-3-6(5-14)9(7)10(12)13/h3-4,10H,2H2,1H3,(H,15,16). The van der Waals surface area contributed by atoms with Gasteiger partial charge in [0, 0.05) is 5.56 Å². The number of benzene rings is 1. The van der Waals surface area contributed by atoms with Gasteiger partial charge in [0.15, 0.2) is 0 Å². The molecule has 0 radical (unpaired) electrons. The molecular formula is C11H9F2NO2. The first-order valence-electron chi connectivity index (χ1n) is 4.60. The molecule has 1 rings (SSSR count). The second-order valence-electron chi connectivity index (χ2n) is 3.12. The van der Waals surface area contributed by atoms with Crippen LogP contribution in [-0.2, 0) is 6.42 Å². The van der Waals surface area contributed by atoms with Crippen molar-refractivity contribution in [2.75, 3.05) is 0 Å². The maximum absolute atomic E-state index is 12.8. The highest BCUT2D eigenvalue weighted by Gasteiger charge is 2.22. The fourth-order valence-electron chi connectivity index (χ4n) is 1.59. The molecule has 0 aliphatic heterocycles. The Labute approximate surface area is 90.9 Å². The van der Waals surface area contributed by atoms with E-state index in [1.54, 1.807) is 13.0 Å². The highest BCUT2D eigenvalue weighted by atomic mass is 19.3. The molecule has 1 N–H and O–H groups in total. The predicted octanol–water partition coefficient (Wildman–Crippen LogP) is 2.76. The zero-order valence-electron chi connectivity index (χ0n) is 8.50. The summed E-state index contributed by atoms with van der Waals surface area (Å²) in [6.45, 7) is 1.58. The number of carbonyl (C=O) groups is 1. The first-order valence-corrected chi connectivity index (χ1v) is 4.60. The molecule has 0 heterocycles. The lowest BCUT2D eigenvalue weighted by molar-refractivity contribution is 0.0695. The average molecular weight is 225 g/mol. The van der Waals surface area contributed by atoms with E-state index in [1.165, 1.54) is 6.07 Å². The number of hydrogen-bond acceptors (Lipinski definition) is 2. The van der Waals surface area contributed by atoms with E-state index in [1.807, 2.05) is 0 Å². The molecule has 0 spiro atoms. The van der Waals surface area contributed by atoms with Gasteiger partial charge in [-0.2, -0.15) is 5.26 Å². The fourth-order valence-corrected chi connectivity index (χ4v) is 1.59. The molecule has 0 aromatic heterocycles. The number of rotatable bonds is 3. The van der Waals surface area contributed by atoms with Gasteiger partial charge in [0.2, 0.25) is 0 Å². The van der Waals surface area contributed by atoms with E-state index in [2.05, 4.69) is 0 Å². The number of carboxylic acid groups (broad SMARTS) is 1. The molecule has 0 unspecified atom stereocenters. The van der Waals surface area contributed by atoms with Crippen molar-refractivity contribution in [3.8, 4) is 6.07 Å². The molecule has 16 heavy (non-hydrogen) atoms. The van der Waals surface area contributed by atoms with Gasteiger partial charge in [0.05, 0.1) is 17.2 Å². The summed E-state index contributed by atoms with van der Waals surface area (Å²) in [5.74, 6) is -1.26. The van der Waals surface area contributed by atoms with Crippen LogP contribution in [0.2, 0.25) is 0 Å². The van der Waals surface area contributed by atoms with Crippen molar-refractivity contribution in [3.63, 3.8) is 0 Å². The Hall–Kier alpha value is -1.96. The van der Waals surface area contributed by atoms with Crippen LogP contribution in [0.25, 0.3) is 0 Å². The molecule has 5 heteroatoms. The van der Waals surface area contributed by atoms with Crippen LogP contribution >= 0.6 is 0 Å². The van der Waals surface area contributed by atoms with Crippen LogP contribution < -0.4 is 0 Å². The van der Waals surface area contributed by atoms with Gasteiger partial charge in [-0.15, -0.1) is 0 Å². The number of hydrogen-bond donors (Lipinski definition) is 1. The maximum atomic E-state index is 12.8. The highest BCUT2D eigenvalue weighted by molar-refractivity contribution is 5.90. The minimum absolute atomic E-state index is 0.0292. The number of alkyl halides is 2. The number of nitriles is 1. The van der Waals surface area contributed by atoms with Gasteiger partial charge < -0.3 is 5.11 Å². The SMILES string of the molecule is CCc1c(C(=O)O)ccc(C#N)c1C(F)F. The zero-order valence-corrected chi connectivity index (χ0v) is 8.50. The van der Waals surface area contributed by atoms with Crippen LogP contribution in [0.1, 0.15) is 40.4 Å². The van der Waals surface area contributed by atoms with Gasteiger partial charge in [0.1, 0.15) is 0 Å². The van der Waals surface area contributed by atoms with Crippen LogP contribution in [0.5, 0.6) is 0 Å². The first-order chi connectivity index (χ1) is 7.52. The van der Waals surface area contributed by atoms with Gasteiger partial charge in [-0.05, 0) is 24.1 Å². The van der Waals surface area contributed by atoms with E-state index in [4.69, 9.17) is 10.4 Å². The molecule has 0 atom stereocenters. The Morgan fingerprint density at radius 1 is 1.56 bits per heavy atom. The van der Waals surface area contributed by atoms with E-state index in [9.17, 15) is 13.6 Å². The third-order valence-corrected chi connectivity index (χ3v) is 2.28. The Morgan fingerprint density at radius 3 is 2.56 bits per heavy atom. The molecule has 1 aromatic carbocycles. The third kappa shape index (κ3) is 2.01. The van der Waals surface area contributed by atoms with Crippen molar-refractivity contribution >= 4 is 5.97 Å². The van der Waals surface area contributed by atoms with Crippen LogP contribution in [-0.4, -0.2) is 11.1 Å². The number of nitrogens with zero attached hydrogens (tertiary/aromatic N) is 1. The summed E-state index contributed by atoms with van der Waals surface area (Å²) in [6, 6.07) is 3.95. The van der Waals surface area contributed by atoms with Gasteiger partial charge in [-0.1, -0.05) is 6.92 Å². The van der Waals surface area contributed by atoms with Gasteiger partial charge in [-0.25, -0.2) is 13.6 Å². The maximum Gasteiger partial charge on any atom is 0.335 e. The van der Waals surface area contributed by atoms with E-state index in [0.717, 1.165) is 6.07 Å². The summed E-state index contributed by atoms with van der Waals surface area (Å²) in [5, 5.41) is 17.5. The molecule has 0 saturated heterocycles. The van der Waals surface area contributed by atoms with Crippen LogP contribution in [0.3, 0.4) is 0 Å². The predicted molar refractivity (Wildman–Crippen MR) is 52.5 cm³/mol. The normalized spacial score (nSPS) is 10.2. The van der Waals surface area contributed by atoms with Crippen LogP contribution in [0, 0.1) is 11.3 Å². The molecule has 1 aromatic rings. The van der Waals surface area contributed by atoms with Crippen LogP contribution in [0.15, 0.2) is 12.1 Å². The number of aromatic carboxylic acids is 1. The van der Waals surface area contributed by atoms with Crippen molar-refractivity contribution in [2.45, 2.75) is 19.8 Å². The fraction of sp³-hybridized carbons (Fsp3) is 0.273. The lowest BCUT2D eigenvalue weighted by atomic mass is 9.95. The largest absolute Gasteiger partial charge is 0.478 e. The smallest absolute Gasteiger partial charge is 0.335 e. The third-order valence-electron chi connectivity index (χ3n) is 2.28. The van der Waals surface area contributed by atoms with E-state index in [-0.39, 0.29) is 23.1 Å². The highest BCUT2D eigenvalue weighted by Crippen LogP contribution is 2.29. The first kappa shape index (κ1) is 12.1. The van der Waals surface area contributed by atoms with Crippen molar-refractivity contribution < 1.29 is 18.7 Å². The summed E-state index contributed by atoms with van der Waals surface area (Å²) in [6.07, 6.45) is -2.69. The Bertz CT molecular complexity index is 464.